The second-order valence-electron chi connectivity index (χ2n) is 5.48. The Morgan fingerprint density at radius 2 is 2.40 bits per heavy atom. The van der Waals surface area contributed by atoms with Gasteiger partial charge in [0.15, 0.2) is 0 Å². The first-order valence-electron chi connectivity index (χ1n) is 6.66. The van der Waals surface area contributed by atoms with Crippen molar-refractivity contribution in [3.8, 4) is 0 Å². The molecule has 108 valence electrons. The van der Waals surface area contributed by atoms with Gasteiger partial charge >= 0.3 is 0 Å². The van der Waals surface area contributed by atoms with Crippen molar-refractivity contribution in [3.63, 3.8) is 0 Å². The number of ether oxygens (including phenoxy) is 1. The van der Waals surface area contributed by atoms with Crippen LogP contribution in [0.15, 0.2) is 16.9 Å². The first-order valence-corrected chi connectivity index (χ1v) is 6.66. The highest BCUT2D eigenvalue weighted by Crippen LogP contribution is 2.42. The summed E-state index contributed by atoms with van der Waals surface area (Å²) in [5.74, 6) is -0.397. The molecule has 7 heteroatoms. The van der Waals surface area contributed by atoms with E-state index >= 15 is 0 Å². The van der Waals surface area contributed by atoms with Crippen LogP contribution >= 0.6 is 0 Å². The fourth-order valence-corrected chi connectivity index (χ4v) is 3.14. The number of nitrogens with zero attached hydrogens (tertiary/aromatic N) is 2. The van der Waals surface area contributed by atoms with Crippen LogP contribution in [0.4, 0.5) is 0 Å². The van der Waals surface area contributed by atoms with Crippen molar-refractivity contribution >= 4 is 11.8 Å². The molecule has 7 nitrogen and oxygen atoms in total. The number of hydrogen-bond donors (Lipinski definition) is 1. The maximum Gasteiger partial charge on any atom is 0.228 e. The number of carbonyl (C=O) groups excluding carboxylic acids is 2. The SMILES string of the molecule is NC(=O)[C@]12CCOC[C@H]1CN(C(=O)Cc1ccon1)C2. The normalized spacial score (nSPS) is 29.2. The summed E-state index contributed by atoms with van der Waals surface area (Å²) in [5, 5.41) is 3.73. The number of likely N-dealkylation sites (tertiary alicyclic amines) is 1. The smallest absolute Gasteiger partial charge is 0.228 e. The molecule has 0 radical (unpaired) electrons. The van der Waals surface area contributed by atoms with E-state index in [4.69, 9.17) is 15.0 Å². The van der Waals surface area contributed by atoms with Gasteiger partial charge in [-0.2, -0.15) is 0 Å². The minimum Gasteiger partial charge on any atom is -0.381 e. The number of primary amides is 1. The van der Waals surface area contributed by atoms with E-state index in [9.17, 15) is 9.59 Å². The van der Waals surface area contributed by atoms with Gasteiger partial charge in [-0.15, -0.1) is 0 Å². The first-order chi connectivity index (χ1) is 9.62. The Morgan fingerprint density at radius 3 is 3.05 bits per heavy atom. The molecule has 0 saturated carbocycles. The van der Waals surface area contributed by atoms with Gasteiger partial charge in [0.25, 0.3) is 0 Å². The third-order valence-corrected chi connectivity index (χ3v) is 4.37. The van der Waals surface area contributed by atoms with Crippen molar-refractivity contribution in [2.75, 3.05) is 26.3 Å². The lowest BCUT2D eigenvalue weighted by molar-refractivity contribution is -0.136. The van der Waals surface area contributed by atoms with Crippen molar-refractivity contribution in [2.45, 2.75) is 12.8 Å². The Kier molecular flexibility index (Phi) is 3.21. The average Bonchev–Trinajstić information content (AvgIpc) is 3.05. The Bertz CT molecular complexity index is 516. The summed E-state index contributed by atoms with van der Waals surface area (Å²) in [7, 11) is 0. The van der Waals surface area contributed by atoms with Crippen molar-refractivity contribution in [1.82, 2.24) is 10.1 Å². The molecule has 2 amide bonds. The fraction of sp³-hybridized carbons (Fsp3) is 0.615. The molecule has 0 unspecified atom stereocenters. The van der Waals surface area contributed by atoms with Crippen LogP contribution in [0.3, 0.4) is 0 Å². The molecule has 2 N–H and O–H groups in total. The lowest BCUT2D eigenvalue weighted by atomic mass is 9.74. The fourth-order valence-electron chi connectivity index (χ4n) is 3.14. The molecule has 2 aliphatic rings. The number of amides is 2. The zero-order valence-corrected chi connectivity index (χ0v) is 11.1. The summed E-state index contributed by atoms with van der Waals surface area (Å²) < 4.78 is 10.1. The average molecular weight is 279 g/mol. The van der Waals surface area contributed by atoms with Gasteiger partial charge in [0.2, 0.25) is 11.8 Å². The summed E-state index contributed by atoms with van der Waals surface area (Å²) in [6.07, 6.45) is 2.20. The molecule has 2 aliphatic heterocycles. The highest BCUT2D eigenvalue weighted by molar-refractivity contribution is 5.85. The molecular formula is C13H17N3O4. The van der Waals surface area contributed by atoms with Gasteiger partial charge in [0.05, 0.1) is 24.1 Å². The summed E-state index contributed by atoms with van der Waals surface area (Å²) >= 11 is 0. The highest BCUT2D eigenvalue weighted by Gasteiger charge is 2.53. The topological polar surface area (TPSA) is 98.7 Å². The van der Waals surface area contributed by atoms with Gasteiger partial charge in [-0.1, -0.05) is 5.16 Å². The van der Waals surface area contributed by atoms with Crippen LogP contribution < -0.4 is 5.73 Å². The molecule has 2 fully saturated rings. The molecular weight excluding hydrogens is 262 g/mol. The van der Waals surface area contributed by atoms with Crippen LogP contribution in [0.2, 0.25) is 0 Å². The summed E-state index contributed by atoms with van der Waals surface area (Å²) in [5.41, 5.74) is 5.55. The van der Waals surface area contributed by atoms with E-state index in [0.717, 1.165) is 0 Å². The Hall–Kier alpha value is -1.89. The molecule has 0 spiro atoms. The Morgan fingerprint density at radius 1 is 1.55 bits per heavy atom. The van der Waals surface area contributed by atoms with Gasteiger partial charge in [-0.25, -0.2) is 0 Å². The molecule has 0 aliphatic carbocycles. The van der Waals surface area contributed by atoms with E-state index in [0.29, 0.717) is 38.4 Å². The predicted octanol–water partition coefficient (Wildman–Crippen LogP) is -0.432. The quantitative estimate of drug-likeness (QED) is 0.809. The monoisotopic (exact) mass is 279 g/mol. The number of aromatic nitrogens is 1. The van der Waals surface area contributed by atoms with Crippen LogP contribution in [-0.4, -0.2) is 48.2 Å². The van der Waals surface area contributed by atoms with E-state index in [2.05, 4.69) is 5.16 Å². The Labute approximate surface area is 116 Å². The molecule has 0 bridgehead atoms. The summed E-state index contributed by atoms with van der Waals surface area (Å²) in [6, 6.07) is 1.66. The van der Waals surface area contributed by atoms with E-state index in [-0.39, 0.29) is 24.2 Å². The predicted molar refractivity (Wildman–Crippen MR) is 67.3 cm³/mol. The van der Waals surface area contributed by atoms with Gasteiger partial charge in [0, 0.05) is 31.7 Å². The van der Waals surface area contributed by atoms with E-state index in [1.807, 2.05) is 0 Å². The third-order valence-electron chi connectivity index (χ3n) is 4.37. The van der Waals surface area contributed by atoms with Crippen LogP contribution in [0.25, 0.3) is 0 Å². The maximum absolute atomic E-state index is 12.3. The Balaban J connectivity index is 1.73. The third kappa shape index (κ3) is 2.07. The zero-order valence-electron chi connectivity index (χ0n) is 11.1. The van der Waals surface area contributed by atoms with Crippen LogP contribution in [-0.2, 0) is 20.7 Å². The molecule has 1 aromatic rings. The number of hydrogen-bond acceptors (Lipinski definition) is 5. The van der Waals surface area contributed by atoms with Crippen molar-refractivity contribution in [2.24, 2.45) is 17.1 Å². The lowest BCUT2D eigenvalue weighted by Crippen LogP contribution is -2.48. The first kappa shape index (κ1) is 13.1. The van der Waals surface area contributed by atoms with Crippen molar-refractivity contribution < 1.29 is 18.8 Å². The number of fused-ring (bicyclic) bond motifs is 1. The molecule has 1 aromatic heterocycles. The molecule has 3 rings (SSSR count). The van der Waals surface area contributed by atoms with E-state index in [1.54, 1.807) is 11.0 Å². The second kappa shape index (κ2) is 4.90. The highest BCUT2D eigenvalue weighted by atomic mass is 16.5. The van der Waals surface area contributed by atoms with Gasteiger partial charge in [-0.05, 0) is 6.42 Å². The minimum atomic E-state index is -0.627. The molecule has 2 saturated heterocycles. The minimum absolute atomic E-state index is 0.00462. The van der Waals surface area contributed by atoms with Crippen molar-refractivity contribution in [3.05, 3.63) is 18.0 Å². The molecule has 3 heterocycles. The van der Waals surface area contributed by atoms with Gasteiger partial charge < -0.3 is 19.9 Å². The van der Waals surface area contributed by atoms with E-state index < -0.39 is 5.41 Å². The molecule has 20 heavy (non-hydrogen) atoms. The van der Waals surface area contributed by atoms with Gasteiger partial charge in [-0.3, -0.25) is 9.59 Å². The number of rotatable bonds is 3. The molecule has 0 aromatic carbocycles. The van der Waals surface area contributed by atoms with Crippen molar-refractivity contribution in [1.29, 1.82) is 0 Å². The zero-order chi connectivity index (χ0) is 14.2. The summed E-state index contributed by atoms with van der Waals surface area (Å²) in [6.45, 7) is 1.90. The summed E-state index contributed by atoms with van der Waals surface area (Å²) in [4.78, 5) is 25.8. The number of carbonyl (C=O) groups is 2. The van der Waals surface area contributed by atoms with E-state index in [1.165, 1.54) is 6.26 Å². The van der Waals surface area contributed by atoms with Crippen LogP contribution in [0.1, 0.15) is 12.1 Å². The molecule has 2 atom stereocenters. The largest absolute Gasteiger partial charge is 0.381 e. The van der Waals surface area contributed by atoms with Gasteiger partial charge in [0.1, 0.15) is 6.26 Å². The lowest BCUT2D eigenvalue weighted by Gasteiger charge is -2.34. The standard InChI is InChI=1S/C13H17N3O4/c14-12(18)13-2-4-19-7-9(13)6-16(8-13)11(17)5-10-1-3-20-15-10/h1,3,9H,2,4-8H2,(H2,14,18)/t9-,13+/m1/s1. The van der Waals surface area contributed by atoms with Crippen LogP contribution in [0.5, 0.6) is 0 Å². The second-order valence-corrected chi connectivity index (χ2v) is 5.48. The maximum atomic E-state index is 12.3. The number of nitrogens with two attached hydrogens (primary N) is 1. The van der Waals surface area contributed by atoms with Crippen LogP contribution in [0, 0.1) is 11.3 Å².